The van der Waals surface area contributed by atoms with Gasteiger partial charge in [0.1, 0.15) is 0 Å². The summed E-state index contributed by atoms with van der Waals surface area (Å²) in [6, 6.07) is 5.05. The van der Waals surface area contributed by atoms with E-state index in [-0.39, 0.29) is 36.9 Å². The Morgan fingerprint density at radius 3 is 2.76 bits per heavy atom. The maximum atomic E-state index is 12.4. The first-order valence-electron chi connectivity index (χ1n) is 9.38. The number of benzene rings is 1. The molecule has 8 nitrogen and oxygen atoms in total. The van der Waals surface area contributed by atoms with Gasteiger partial charge in [0, 0.05) is 30.2 Å². The number of ketones is 1. The van der Waals surface area contributed by atoms with Gasteiger partial charge in [0.15, 0.2) is 22.4 Å². The molecule has 0 saturated heterocycles. The van der Waals surface area contributed by atoms with Crippen molar-refractivity contribution in [3.8, 4) is 11.5 Å². The van der Waals surface area contributed by atoms with Crippen molar-refractivity contribution >= 4 is 34.1 Å². The topological polar surface area (TPSA) is 104 Å². The van der Waals surface area contributed by atoms with Gasteiger partial charge in [-0.05, 0) is 25.1 Å². The van der Waals surface area contributed by atoms with Crippen LogP contribution in [-0.2, 0) is 20.7 Å². The summed E-state index contributed by atoms with van der Waals surface area (Å²) < 4.78 is 16.0. The fourth-order valence-electron chi connectivity index (χ4n) is 2.70. The molecule has 0 radical (unpaired) electrons. The van der Waals surface area contributed by atoms with Gasteiger partial charge in [0.25, 0.3) is 0 Å². The Labute approximate surface area is 172 Å². The predicted molar refractivity (Wildman–Crippen MR) is 107 cm³/mol. The van der Waals surface area contributed by atoms with Crippen LogP contribution in [0.25, 0.3) is 0 Å². The number of anilines is 1. The first kappa shape index (κ1) is 20.8. The van der Waals surface area contributed by atoms with Crippen molar-refractivity contribution in [3.63, 3.8) is 0 Å². The third-order valence-electron chi connectivity index (χ3n) is 4.08. The number of carbonyl (C=O) groups excluding carboxylic acids is 3. The highest BCUT2D eigenvalue weighted by molar-refractivity contribution is 7.13. The van der Waals surface area contributed by atoms with E-state index in [1.165, 1.54) is 11.3 Å². The molecule has 1 aromatic carbocycles. The lowest BCUT2D eigenvalue weighted by Crippen LogP contribution is -2.14. The minimum absolute atomic E-state index is 0.0278. The van der Waals surface area contributed by atoms with Gasteiger partial charge >= 0.3 is 5.97 Å². The molecule has 0 bridgehead atoms. The van der Waals surface area contributed by atoms with E-state index < -0.39 is 0 Å². The van der Waals surface area contributed by atoms with E-state index in [0.717, 1.165) is 6.42 Å². The highest BCUT2D eigenvalue weighted by Gasteiger charge is 2.16. The van der Waals surface area contributed by atoms with E-state index in [4.69, 9.17) is 14.2 Å². The van der Waals surface area contributed by atoms with Gasteiger partial charge in [-0.25, -0.2) is 4.98 Å². The minimum atomic E-state index is -0.364. The largest absolute Gasteiger partial charge is 0.490 e. The second-order valence-electron chi connectivity index (χ2n) is 6.31. The Kier molecular flexibility index (Phi) is 7.18. The lowest BCUT2D eigenvalue weighted by molar-refractivity contribution is -0.142. The Hall–Kier alpha value is -2.94. The molecule has 0 spiro atoms. The smallest absolute Gasteiger partial charge is 0.311 e. The van der Waals surface area contributed by atoms with Crippen LogP contribution in [0.5, 0.6) is 11.5 Å². The van der Waals surface area contributed by atoms with Gasteiger partial charge < -0.3 is 19.5 Å². The number of rotatable bonds is 8. The molecule has 1 aliphatic heterocycles. The number of nitrogens with one attached hydrogen (secondary N) is 1. The van der Waals surface area contributed by atoms with E-state index in [2.05, 4.69) is 10.3 Å². The molecule has 1 aromatic heterocycles. The molecule has 1 amide bonds. The zero-order chi connectivity index (χ0) is 20.6. The summed E-state index contributed by atoms with van der Waals surface area (Å²) in [6.07, 6.45) is 0.936. The molecule has 0 fully saturated rings. The Morgan fingerprint density at radius 1 is 1.17 bits per heavy atom. The average Bonchev–Trinajstić information content (AvgIpc) is 2.99. The van der Waals surface area contributed by atoms with Crippen LogP contribution in [0.15, 0.2) is 23.6 Å². The quantitative estimate of drug-likeness (QED) is 0.519. The maximum Gasteiger partial charge on any atom is 0.311 e. The molecule has 0 unspecified atom stereocenters. The van der Waals surface area contributed by atoms with Crippen molar-refractivity contribution in [1.82, 2.24) is 4.98 Å². The number of esters is 1. The van der Waals surface area contributed by atoms with E-state index in [1.807, 2.05) is 0 Å². The molecule has 9 heteroatoms. The highest BCUT2D eigenvalue weighted by atomic mass is 32.1. The van der Waals surface area contributed by atoms with E-state index in [1.54, 1.807) is 30.5 Å². The Balaban J connectivity index is 1.49. The molecule has 1 N–H and O–H groups in total. The highest BCUT2D eigenvalue weighted by Crippen LogP contribution is 2.30. The molecule has 2 heterocycles. The summed E-state index contributed by atoms with van der Waals surface area (Å²) in [6.45, 7) is 3.17. The number of nitrogens with zero attached hydrogens (tertiary/aromatic N) is 1. The summed E-state index contributed by atoms with van der Waals surface area (Å²) in [5.74, 6) is 0.341. The summed E-state index contributed by atoms with van der Waals surface area (Å²) in [5.41, 5.74) is 1.01. The summed E-state index contributed by atoms with van der Waals surface area (Å²) in [5, 5.41) is 4.73. The molecular formula is C20H22N2O6S. The second-order valence-corrected chi connectivity index (χ2v) is 7.17. The second kappa shape index (κ2) is 10.0. The number of hydrogen-bond donors (Lipinski definition) is 1. The van der Waals surface area contributed by atoms with Crippen molar-refractivity contribution in [2.45, 2.75) is 32.6 Å². The third kappa shape index (κ3) is 6.02. The van der Waals surface area contributed by atoms with Crippen molar-refractivity contribution in [3.05, 3.63) is 34.8 Å². The van der Waals surface area contributed by atoms with Crippen LogP contribution in [0.3, 0.4) is 0 Å². The normalized spacial score (nSPS) is 12.7. The number of thiazole rings is 1. The molecule has 3 rings (SSSR count). The van der Waals surface area contributed by atoms with Gasteiger partial charge in [-0.3, -0.25) is 14.4 Å². The van der Waals surface area contributed by atoms with Gasteiger partial charge in [-0.15, -0.1) is 11.3 Å². The maximum absolute atomic E-state index is 12.4. The number of amides is 1. The molecule has 154 valence electrons. The number of hydrogen-bond acceptors (Lipinski definition) is 8. The molecule has 2 aromatic rings. The standard InChI is InChI=1S/C20H22N2O6S/c1-2-26-19(25)11-14-12-29-20(21-14)22-18(24)7-5-15(23)13-4-6-16-17(10-13)28-9-3-8-27-16/h4,6,10,12H,2-3,5,7-9,11H2,1H3,(H,21,22,24). The van der Waals surface area contributed by atoms with Crippen LogP contribution in [0.1, 0.15) is 42.2 Å². The van der Waals surface area contributed by atoms with Crippen molar-refractivity contribution in [1.29, 1.82) is 0 Å². The summed E-state index contributed by atoms with van der Waals surface area (Å²) >= 11 is 1.22. The molecular weight excluding hydrogens is 396 g/mol. The Bertz CT molecular complexity index is 895. The monoisotopic (exact) mass is 418 g/mol. The lowest BCUT2D eigenvalue weighted by atomic mass is 10.1. The van der Waals surface area contributed by atoms with Gasteiger partial charge in [0.05, 0.1) is 31.9 Å². The summed E-state index contributed by atoms with van der Waals surface area (Å²) in [7, 11) is 0. The van der Waals surface area contributed by atoms with Crippen LogP contribution in [-0.4, -0.2) is 42.5 Å². The molecule has 29 heavy (non-hydrogen) atoms. The van der Waals surface area contributed by atoms with Crippen LogP contribution in [0.2, 0.25) is 0 Å². The van der Waals surface area contributed by atoms with E-state index in [9.17, 15) is 14.4 Å². The van der Waals surface area contributed by atoms with Gasteiger partial charge in [-0.2, -0.15) is 0 Å². The first-order chi connectivity index (χ1) is 14.0. The van der Waals surface area contributed by atoms with Crippen LogP contribution >= 0.6 is 11.3 Å². The third-order valence-corrected chi connectivity index (χ3v) is 4.88. The van der Waals surface area contributed by atoms with E-state index >= 15 is 0 Å². The first-order valence-corrected chi connectivity index (χ1v) is 10.3. The molecule has 0 aliphatic carbocycles. The Morgan fingerprint density at radius 2 is 1.97 bits per heavy atom. The number of fused-ring (bicyclic) bond motifs is 1. The molecule has 0 saturated carbocycles. The summed E-state index contributed by atoms with van der Waals surface area (Å²) in [4.78, 5) is 40.2. The molecule has 0 atom stereocenters. The zero-order valence-corrected chi connectivity index (χ0v) is 16.9. The number of ether oxygens (including phenoxy) is 3. The van der Waals surface area contributed by atoms with Crippen LogP contribution in [0, 0.1) is 0 Å². The predicted octanol–water partition coefficient (Wildman–Crippen LogP) is 3.01. The van der Waals surface area contributed by atoms with Gasteiger partial charge in [0.2, 0.25) is 5.91 Å². The average molecular weight is 418 g/mol. The zero-order valence-electron chi connectivity index (χ0n) is 16.1. The van der Waals surface area contributed by atoms with Crippen LogP contribution < -0.4 is 14.8 Å². The SMILES string of the molecule is CCOC(=O)Cc1csc(NC(=O)CCC(=O)c2ccc3c(c2)OCCCO3)n1. The number of aromatic nitrogens is 1. The van der Waals surface area contributed by atoms with Crippen LogP contribution in [0.4, 0.5) is 5.13 Å². The van der Waals surface area contributed by atoms with Crippen molar-refractivity contribution in [2.75, 3.05) is 25.1 Å². The van der Waals surface area contributed by atoms with Gasteiger partial charge in [-0.1, -0.05) is 0 Å². The fraction of sp³-hybridized carbons (Fsp3) is 0.400. The number of carbonyl (C=O) groups is 3. The minimum Gasteiger partial charge on any atom is -0.490 e. The fourth-order valence-corrected chi connectivity index (χ4v) is 3.42. The van der Waals surface area contributed by atoms with Crippen molar-refractivity contribution in [2.24, 2.45) is 0 Å². The van der Waals surface area contributed by atoms with E-state index in [0.29, 0.717) is 47.7 Å². The lowest BCUT2D eigenvalue weighted by Gasteiger charge is -2.08. The van der Waals surface area contributed by atoms with Crippen molar-refractivity contribution < 1.29 is 28.6 Å². The number of Topliss-reactive ketones (excluding diaryl/α,β-unsaturated/α-hetero) is 1. The molecule has 1 aliphatic rings.